The summed E-state index contributed by atoms with van der Waals surface area (Å²) in [6.45, 7) is 4.69. The Morgan fingerprint density at radius 1 is 0.613 bits per heavy atom. The largest absolute Gasteiger partial charge is 0.479 e. The lowest BCUT2D eigenvalue weighted by atomic mass is 9.96. The van der Waals surface area contributed by atoms with Crippen molar-refractivity contribution in [3.63, 3.8) is 0 Å². The fourth-order valence-electron chi connectivity index (χ4n) is 3.28. The number of aliphatic hydroxyl groups is 1. The summed E-state index contributed by atoms with van der Waals surface area (Å²) in [7, 11) is 0. The van der Waals surface area contributed by atoms with E-state index in [0.717, 1.165) is 38.5 Å². The van der Waals surface area contributed by atoms with Crippen LogP contribution in [0.1, 0.15) is 117 Å². The topological polar surface area (TPSA) is 110 Å². The Morgan fingerprint density at radius 2 is 0.935 bits per heavy atom. The monoisotopic (exact) mass is 444 g/mol. The number of rotatable bonds is 21. The van der Waals surface area contributed by atoms with Crippen molar-refractivity contribution in [2.24, 2.45) is 0 Å². The minimum atomic E-state index is -2.51. The molecule has 0 aromatic rings. The van der Waals surface area contributed by atoms with Crippen molar-refractivity contribution >= 4 is 17.9 Å². The van der Waals surface area contributed by atoms with Crippen molar-refractivity contribution in [1.82, 2.24) is 0 Å². The minimum Gasteiger partial charge on any atom is -0.479 e. The Morgan fingerprint density at radius 3 is 1.26 bits per heavy atom. The molecule has 0 aromatic carbocycles. The van der Waals surface area contributed by atoms with E-state index in [1.807, 2.05) is 0 Å². The molecule has 2 N–H and O–H groups in total. The lowest BCUT2D eigenvalue weighted by Crippen LogP contribution is -2.43. The third-order valence-corrected chi connectivity index (χ3v) is 5.29. The summed E-state index contributed by atoms with van der Waals surface area (Å²) >= 11 is 0. The first kappa shape index (κ1) is 29.4. The molecule has 0 spiro atoms. The van der Waals surface area contributed by atoms with E-state index in [9.17, 15) is 24.6 Å². The van der Waals surface area contributed by atoms with Gasteiger partial charge in [0.05, 0.1) is 26.1 Å². The lowest BCUT2D eigenvalue weighted by molar-refractivity contribution is -0.173. The van der Waals surface area contributed by atoms with Gasteiger partial charge in [-0.05, 0) is 12.8 Å². The molecule has 31 heavy (non-hydrogen) atoms. The van der Waals surface area contributed by atoms with Crippen molar-refractivity contribution in [2.75, 3.05) is 13.2 Å². The average Bonchev–Trinajstić information content (AvgIpc) is 2.71. The highest BCUT2D eigenvalue weighted by Gasteiger charge is 2.42. The number of carbonyl (C=O) groups is 3. The molecule has 0 aliphatic heterocycles. The van der Waals surface area contributed by atoms with E-state index < -0.39 is 36.4 Å². The third kappa shape index (κ3) is 16.7. The van der Waals surface area contributed by atoms with Crippen molar-refractivity contribution in [3.8, 4) is 0 Å². The molecule has 0 unspecified atom stereocenters. The zero-order valence-corrected chi connectivity index (χ0v) is 19.7. The van der Waals surface area contributed by atoms with Gasteiger partial charge in [0.1, 0.15) is 0 Å². The van der Waals surface area contributed by atoms with E-state index >= 15 is 0 Å². The van der Waals surface area contributed by atoms with Crippen molar-refractivity contribution < 1.29 is 34.1 Å². The summed E-state index contributed by atoms with van der Waals surface area (Å²) in [5, 5.41) is 19.6. The average molecular weight is 445 g/mol. The first-order chi connectivity index (χ1) is 14.9. The first-order valence-corrected chi connectivity index (χ1v) is 12.1. The van der Waals surface area contributed by atoms with Gasteiger partial charge in [0.15, 0.2) is 5.60 Å². The van der Waals surface area contributed by atoms with Crippen LogP contribution in [-0.2, 0) is 23.9 Å². The molecule has 182 valence electrons. The van der Waals surface area contributed by atoms with Crippen LogP contribution in [-0.4, -0.2) is 46.9 Å². The highest BCUT2D eigenvalue weighted by atomic mass is 16.5. The molecule has 0 aliphatic rings. The van der Waals surface area contributed by atoms with Crippen molar-refractivity contribution in [3.05, 3.63) is 0 Å². The Kier molecular flexibility index (Phi) is 18.1. The van der Waals surface area contributed by atoms with Crippen LogP contribution in [0.5, 0.6) is 0 Å². The summed E-state index contributed by atoms with van der Waals surface area (Å²) in [5.41, 5.74) is -2.51. The molecule has 0 saturated carbocycles. The van der Waals surface area contributed by atoms with E-state index in [4.69, 9.17) is 9.47 Å². The van der Waals surface area contributed by atoms with E-state index in [1.165, 1.54) is 38.5 Å². The number of hydrogen-bond donors (Lipinski definition) is 2. The smallest absolute Gasteiger partial charge is 0.336 e. The molecule has 0 bridgehead atoms. The zero-order chi connectivity index (χ0) is 23.4. The second-order valence-electron chi connectivity index (χ2n) is 8.37. The van der Waals surface area contributed by atoms with E-state index in [2.05, 4.69) is 13.8 Å². The van der Waals surface area contributed by atoms with E-state index in [-0.39, 0.29) is 13.2 Å². The predicted molar refractivity (Wildman–Crippen MR) is 120 cm³/mol. The standard InChI is InChI=1S/C24H44O7/c1-3-5-7-9-11-13-15-17-30-21(25)19-24(29,23(27)28)20-22(26)31-18-16-14-12-10-8-6-4-2/h29H,3-20H2,1-2H3,(H,27,28). The molecule has 7 heteroatoms. The number of aliphatic carboxylic acids is 1. The number of carboxylic acids is 1. The summed E-state index contributed by atoms with van der Waals surface area (Å²) in [6, 6.07) is 0. The fraction of sp³-hybridized carbons (Fsp3) is 0.875. The van der Waals surface area contributed by atoms with Crippen LogP contribution in [0.15, 0.2) is 0 Å². The second-order valence-corrected chi connectivity index (χ2v) is 8.37. The number of carboxylic acid groups (broad SMARTS) is 1. The van der Waals surface area contributed by atoms with Crippen LogP contribution in [0, 0.1) is 0 Å². The first-order valence-electron chi connectivity index (χ1n) is 12.1. The van der Waals surface area contributed by atoms with Crippen molar-refractivity contribution in [2.45, 2.75) is 122 Å². The number of esters is 2. The van der Waals surface area contributed by atoms with Gasteiger partial charge < -0.3 is 19.7 Å². The normalized spacial score (nSPS) is 11.3. The molecule has 0 atom stereocenters. The van der Waals surface area contributed by atoms with Gasteiger partial charge in [-0.15, -0.1) is 0 Å². The zero-order valence-electron chi connectivity index (χ0n) is 19.7. The molecule has 0 aliphatic carbocycles. The molecule has 0 amide bonds. The molecule has 0 heterocycles. The molecule has 0 fully saturated rings. The van der Waals surface area contributed by atoms with Gasteiger partial charge >= 0.3 is 17.9 Å². The van der Waals surface area contributed by atoms with Gasteiger partial charge in [0, 0.05) is 0 Å². The highest BCUT2D eigenvalue weighted by molar-refractivity contribution is 5.88. The van der Waals surface area contributed by atoms with Gasteiger partial charge in [-0.25, -0.2) is 4.79 Å². The molecule has 0 aromatic heterocycles. The Balaban J connectivity index is 4.06. The van der Waals surface area contributed by atoms with Crippen LogP contribution in [0.25, 0.3) is 0 Å². The molecule has 7 nitrogen and oxygen atoms in total. The number of hydrogen-bond acceptors (Lipinski definition) is 6. The molecule has 0 rings (SSSR count). The van der Waals surface area contributed by atoms with Gasteiger partial charge in [-0.1, -0.05) is 90.9 Å². The molecule has 0 saturated heterocycles. The number of ether oxygens (including phenoxy) is 2. The fourth-order valence-corrected chi connectivity index (χ4v) is 3.28. The third-order valence-electron chi connectivity index (χ3n) is 5.29. The van der Waals surface area contributed by atoms with Gasteiger partial charge in [0.2, 0.25) is 0 Å². The van der Waals surface area contributed by atoms with Gasteiger partial charge in [-0.2, -0.15) is 0 Å². The van der Waals surface area contributed by atoms with Gasteiger partial charge in [-0.3, -0.25) is 9.59 Å². The Bertz CT molecular complexity index is 456. The van der Waals surface area contributed by atoms with Crippen LogP contribution in [0.2, 0.25) is 0 Å². The van der Waals surface area contributed by atoms with Crippen molar-refractivity contribution in [1.29, 1.82) is 0 Å². The van der Waals surface area contributed by atoms with Crippen LogP contribution >= 0.6 is 0 Å². The molecular weight excluding hydrogens is 400 g/mol. The van der Waals surface area contributed by atoms with E-state index in [1.54, 1.807) is 0 Å². The Labute approximate surface area is 187 Å². The summed E-state index contributed by atoms with van der Waals surface area (Å²) in [4.78, 5) is 35.3. The van der Waals surface area contributed by atoms with Crippen LogP contribution in [0.3, 0.4) is 0 Å². The van der Waals surface area contributed by atoms with Crippen LogP contribution in [0.4, 0.5) is 0 Å². The highest BCUT2D eigenvalue weighted by Crippen LogP contribution is 2.18. The number of unbranched alkanes of at least 4 members (excludes halogenated alkanes) is 12. The minimum absolute atomic E-state index is 0.186. The maximum absolute atomic E-state index is 11.9. The summed E-state index contributed by atoms with van der Waals surface area (Å²) in [6.07, 6.45) is 13.4. The van der Waals surface area contributed by atoms with Crippen LogP contribution < -0.4 is 0 Å². The number of carbonyl (C=O) groups excluding carboxylic acids is 2. The molecular formula is C24H44O7. The maximum atomic E-state index is 11.9. The lowest BCUT2D eigenvalue weighted by Gasteiger charge is -2.21. The summed E-state index contributed by atoms with van der Waals surface area (Å²) < 4.78 is 10.1. The van der Waals surface area contributed by atoms with Gasteiger partial charge in [0.25, 0.3) is 0 Å². The second kappa shape index (κ2) is 19.1. The SMILES string of the molecule is CCCCCCCCCOC(=O)CC(O)(CC(=O)OCCCCCCCCC)C(=O)O. The quantitative estimate of drug-likeness (QED) is 0.186. The van der Waals surface area contributed by atoms with E-state index in [0.29, 0.717) is 12.8 Å². The maximum Gasteiger partial charge on any atom is 0.336 e. The Hall–Kier alpha value is -1.63. The summed E-state index contributed by atoms with van der Waals surface area (Å²) in [5.74, 6) is -3.28. The predicted octanol–water partition coefficient (Wildman–Crippen LogP) is 5.17. The molecule has 0 radical (unpaired) electrons.